The molecule has 1 heterocycles. The zero-order valence-electron chi connectivity index (χ0n) is 10.3. The first-order valence-electron chi connectivity index (χ1n) is 6.13. The highest BCUT2D eigenvalue weighted by Crippen LogP contribution is 2.32. The fourth-order valence-corrected chi connectivity index (χ4v) is 3.45. The Kier molecular flexibility index (Phi) is 3.84. The first-order valence-corrected chi connectivity index (χ1v) is 7.01. The molecule has 4 heteroatoms. The Bertz CT molecular complexity index is 412. The van der Waals surface area contributed by atoms with Gasteiger partial charge in [0.15, 0.2) is 0 Å². The lowest BCUT2D eigenvalue weighted by atomic mass is 9.88. The maximum absolute atomic E-state index is 11.9. The van der Waals surface area contributed by atoms with E-state index in [1.54, 1.807) is 18.3 Å². The van der Waals surface area contributed by atoms with Crippen LogP contribution in [0.1, 0.15) is 41.1 Å². The Morgan fingerprint density at radius 2 is 2.47 bits per heavy atom. The summed E-state index contributed by atoms with van der Waals surface area (Å²) in [6, 6.07) is 0. The van der Waals surface area contributed by atoms with Crippen molar-refractivity contribution in [2.75, 3.05) is 6.54 Å². The van der Waals surface area contributed by atoms with Gasteiger partial charge in [-0.25, -0.2) is 0 Å². The number of thiophene rings is 1. The normalized spacial score (nSPS) is 20.8. The fourth-order valence-electron chi connectivity index (χ4n) is 2.20. The largest absolute Gasteiger partial charge is 0.392 e. The van der Waals surface area contributed by atoms with Gasteiger partial charge in [0, 0.05) is 16.8 Å². The summed E-state index contributed by atoms with van der Waals surface area (Å²) in [6.45, 7) is 4.25. The number of rotatable bonds is 3. The molecule has 0 aromatic carbocycles. The molecule has 0 saturated heterocycles. The molecule has 0 bridgehead atoms. The van der Waals surface area contributed by atoms with Crippen LogP contribution in [0.25, 0.3) is 0 Å². The SMILES string of the molecule is CC(O)CNC(=O)c1csc2c1CCC(C)C2. The number of hydrogen-bond acceptors (Lipinski definition) is 3. The zero-order valence-corrected chi connectivity index (χ0v) is 11.1. The van der Waals surface area contributed by atoms with Crippen LogP contribution in [0.5, 0.6) is 0 Å². The highest BCUT2D eigenvalue weighted by atomic mass is 32.1. The summed E-state index contributed by atoms with van der Waals surface area (Å²) in [5.74, 6) is 0.687. The molecule has 1 aliphatic carbocycles. The quantitative estimate of drug-likeness (QED) is 0.865. The lowest BCUT2D eigenvalue weighted by Crippen LogP contribution is -2.31. The summed E-state index contributed by atoms with van der Waals surface area (Å²) in [5, 5.41) is 13.9. The number of carbonyl (C=O) groups is 1. The number of aliphatic hydroxyl groups excluding tert-OH is 1. The highest BCUT2D eigenvalue weighted by molar-refractivity contribution is 7.10. The van der Waals surface area contributed by atoms with E-state index in [4.69, 9.17) is 5.11 Å². The molecule has 17 heavy (non-hydrogen) atoms. The van der Waals surface area contributed by atoms with Gasteiger partial charge in [-0.15, -0.1) is 11.3 Å². The van der Waals surface area contributed by atoms with Crippen LogP contribution < -0.4 is 5.32 Å². The van der Waals surface area contributed by atoms with Crippen molar-refractivity contribution in [2.45, 2.75) is 39.2 Å². The number of hydrogen-bond donors (Lipinski definition) is 2. The van der Waals surface area contributed by atoms with Crippen LogP contribution >= 0.6 is 11.3 Å². The predicted octanol–water partition coefficient (Wildman–Crippen LogP) is 1.98. The molecule has 2 rings (SSSR count). The average Bonchev–Trinajstić information content (AvgIpc) is 2.68. The first kappa shape index (κ1) is 12.6. The molecule has 94 valence electrons. The second-order valence-corrected chi connectivity index (χ2v) is 5.92. The van der Waals surface area contributed by atoms with Crippen molar-refractivity contribution < 1.29 is 9.90 Å². The number of amides is 1. The Labute approximate surface area is 106 Å². The van der Waals surface area contributed by atoms with Gasteiger partial charge in [-0.2, -0.15) is 0 Å². The van der Waals surface area contributed by atoms with Gasteiger partial charge in [0.1, 0.15) is 0 Å². The van der Waals surface area contributed by atoms with E-state index in [-0.39, 0.29) is 5.91 Å². The summed E-state index contributed by atoms with van der Waals surface area (Å²) in [5.41, 5.74) is 2.05. The third-order valence-corrected chi connectivity index (χ3v) is 4.26. The predicted molar refractivity (Wildman–Crippen MR) is 69.5 cm³/mol. The highest BCUT2D eigenvalue weighted by Gasteiger charge is 2.22. The van der Waals surface area contributed by atoms with Crippen LogP contribution in [0.15, 0.2) is 5.38 Å². The van der Waals surface area contributed by atoms with Gasteiger partial charge in [-0.1, -0.05) is 6.92 Å². The van der Waals surface area contributed by atoms with Crippen LogP contribution in [-0.2, 0) is 12.8 Å². The van der Waals surface area contributed by atoms with E-state index in [0.717, 1.165) is 24.3 Å². The Hall–Kier alpha value is -0.870. The lowest BCUT2D eigenvalue weighted by molar-refractivity contribution is 0.0923. The van der Waals surface area contributed by atoms with Crippen molar-refractivity contribution in [2.24, 2.45) is 5.92 Å². The van der Waals surface area contributed by atoms with E-state index in [1.807, 2.05) is 5.38 Å². The second kappa shape index (κ2) is 5.19. The van der Waals surface area contributed by atoms with E-state index in [9.17, 15) is 4.79 Å². The summed E-state index contributed by atoms with van der Waals surface area (Å²) in [7, 11) is 0. The first-order chi connectivity index (χ1) is 8.08. The number of carbonyl (C=O) groups excluding carboxylic acids is 1. The van der Waals surface area contributed by atoms with E-state index < -0.39 is 6.10 Å². The van der Waals surface area contributed by atoms with Gasteiger partial charge in [0.2, 0.25) is 0 Å². The third kappa shape index (κ3) is 2.87. The van der Waals surface area contributed by atoms with Crippen LogP contribution in [0.4, 0.5) is 0 Å². The van der Waals surface area contributed by atoms with Gasteiger partial charge >= 0.3 is 0 Å². The Morgan fingerprint density at radius 1 is 1.71 bits per heavy atom. The monoisotopic (exact) mass is 253 g/mol. The molecule has 2 unspecified atom stereocenters. The molecule has 1 amide bonds. The minimum atomic E-state index is -0.492. The van der Waals surface area contributed by atoms with Crippen molar-refractivity contribution in [3.8, 4) is 0 Å². The Morgan fingerprint density at radius 3 is 3.18 bits per heavy atom. The van der Waals surface area contributed by atoms with E-state index in [0.29, 0.717) is 6.54 Å². The standard InChI is InChI=1S/C13H19NO2S/c1-8-3-4-10-11(7-17-12(10)5-8)13(16)14-6-9(2)15/h7-9,15H,3-6H2,1-2H3,(H,14,16). The van der Waals surface area contributed by atoms with Crippen LogP contribution in [-0.4, -0.2) is 23.7 Å². The van der Waals surface area contributed by atoms with Gasteiger partial charge in [0.25, 0.3) is 5.91 Å². The number of aliphatic hydroxyl groups is 1. The molecule has 3 nitrogen and oxygen atoms in total. The lowest BCUT2D eigenvalue weighted by Gasteiger charge is -2.18. The molecule has 1 aromatic heterocycles. The van der Waals surface area contributed by atoms with Crippen molar-refractivity contribution in [3.63, 3.8) is 0 Å². The van der Waals surface area contributed by atoms with E-state index in [2.05, 4.69) is 12.2 Å². The number of fused-ring (bicyclic) bond motifs is 1. The summed E-state index contributed by atoms with van der Waals surface area (Å²) in [6.07, 6.45) is 2.79. The summed E-state index contributed by atoms with van der Waals surface area (Å²) < 4.78 is 0. The van der Waals surface area contributed by atoms with Gasteiger partial charge < -0.3 is 10.4 Å². The maximum Gasteiger partial charge on any atom is 0.252 e. The van der Waals surface area contributed by atoms with Crippen molar-refractivity contribution in [3.05, 3.63) is 21.4 Å². The van der Waals surface area contributed by atoms with Crippen molar-refractivity contribution in [1.29, 1.82) is 0 Å². The van der Waals surface area contributed by atoms with Crippen molar-refractivity contribution in [1.82, 2.24) is 5.32 Å². The van der Waals surface area contributed by atoms with Gasteiger partial charge in [-0.05, 0) is 37.7 Å². The summed E-state index contributed by atoms with van der Waals surface area (Å²) >= 11 is 1.69. The minimum absolute atomic E-state index is 0.0436. The smallest absolute Gasteiger partial charge is 0.252 e. The topological polar surface area (TPSA) is 49.3 Å². The summed E-state index contributed by atoms with van der Waals surface area (Å²) in [4.78, 5) is 13.3. The molecule has 0 fully saturated rings. The zero-order chi connectivity index (χ0) is 12.4. The van der Waals surface area contributed by atoms with Crippen LogP contribution in [0, 0.1) is 5.92 Å². The molecule has 0 spiro atoms. The molecular weight excluding hydrogens is 234 g/mol. The van der Waals surface area contributed by atoms with Crippen LogP contribution in [0.2, 0.25) is 0 Å². The molecule has 0 radical (unpaired) electrons. The fraction of sp³-hybridized carbons (Fsp3) is 0.615. The van der Waals surface area contributed by atoms with E-state index >= 15 is 0 Å². The number of nitrogens with one attached hydrogen (secondary N) is 1. The molecule has 2 N–H and O–H groups in total. The molecule has 1 aromatic rings. The minimum Gasteiger partial charge on any atom is -0.392 e. The van der Waals surface area contributed by atoms with Crippen molar-refractivity contribution >= 4 is 17.2 Å². The molecule has 2 atom stereocenters. The van der Waals surface area contributed by atoms with E-state index in [1.165, 1.54) is 16.9 Å². The van der Waals surface area contributed by atoms with Gasteiger partial charge in [0.05, 0.1) is 11.7 Å². The molecule has 1 aliphatic rings. The Balaban J connectivity index is 2.09. The second-order valence-electron chi connectivity index (χ2n) is 4.96. The third-order valence-electron chi connectivity index (χ3n) is 3.20. The molecule has 0 aliphatic heterocycles. The molecular formula is C13H19NO2S. The van der Waals surface area contributed by atoms with Crippen LogP contribution in [0.3, 0.4) is 0 Å². The average molecular weight is 253 g/mol. The van der Waals surface area contributed by atoms with Gasteiger partial charge in [-0.3, -0.25) is 4.79 Å². The maximum atomic E-state index is 11.9. The molecule has 0 saturated carbocycles.